The van der Waals surface area contributed by atoms with Crippen LogP contribution < -0.4 is 10.5 Å². The Morgan fingerprint density at radius 2 is 1.95 bits per heavy atom. The Kier molecular flexibility index (Phi) is 5.33. The van der Waals surface area contributed by atoms with Crippen LogP contribution in [0.4, 0.5) is 0 Å². The van der Waals surface area contributed by atoms with Gasteiger partial charge in [-0.2, -0.15) is 0 Å². The zero-order valence-corrected chi connectivity index (χ0v) is 13.8. The molecule has 2 rings (SSSR count). The maximum absolute atomic E-state index is 12.0. The van der Waals surface area contributed by atoms with Crippen molar-refractivity contribution >= 4 is 27.3 Å². The van der Waals surface area contributed by atoms with Gasteiger partial charge in [-0.15, -0.1) is 11.3 Å². The number of amides is 1. The number of nitrogens with two attached hydrogens (primary N) is 1. The number of rotatable bonds is 6. The van der Waals surface area contributed by atoms with Crippen molar-refractivity contribution in [3.8, 4) is 0 Å². The summed E-state index contributed by atoms with van der Waals surface area (Å²) in [5.74, 6) is -0.133. The lowest BCUT2D eigenvalue weighted by Gasteiger charge is -2.11. The number of primary sulfonamides is 1. The molecular formula is C15H18N2O3S2. The third-order valence-corrected chi connectivity index (χ3v) is 5.08. The molecule has 0 saturated carbocycles. The molecule has 22 heavy (non-hydrogen) atoms. The molecule has 0 radical (unpaired) electrons. The van der Waals surface area contributed by atoms with Gasteiger partial charge in [-0.1, -0.05) is 25.1 Å². The zero-order valence-electron chi connectivity index (χ0n) is 12.2. The third-order valence-electron chi connectivity index (χ3n) is 3.25. The van der Waals surface area contributed by atoms with E-state index in [9.17, 15) is 13.2 Å². The second kappa shape index (κ2) is 7.04. The van der Waals surface area contributed by atoms with Crippen molar-refractivity contribution in [1.29, 1.82) is 0 Å². The van der Waals surface area contributed by atoms with Crippen molar-refractivity contribution in [2.45, 2.75) is 24.8 Å². The summed E-state index contributed by atoms with van der Waals surface area (Å²) in [6.45, 7) is 2.25. The molecule has 0 unspecified atom stereocenters. The molecule has 0 aliphatic rings. The third kappa shape index (κ3) is 4.66. The van der Waals surface area contributed by atoms with E-state index in [0.717, 1.165) is 5.56 Å². The minimum absolute atomic E-state index is 0.0241. The monoisotopic (exact) mass is 338 g/mol. The minimum atomic E-state index is -3.68. The van der Waals surface area contributed by atoms with Crippen molar-refractivity contribution < 1.29 is 13.2 Å². The van der Waals surface area contributed by atoms with Crippen molar-refractivity contribution in [2.75, 3.05) is 0 Å². The second-order valence-corrected chi connectivity index (χ2v) is 7.68. The van der Waals surface area contributed by atoms with E-state index in [2.05, 4.69) is 5.32 Å². The molecule has 1 atom stereocenters. The Morgan fingerprint density at radius 1 is 1.27 bits per heavy atom. The normalized spacial score (nSPS) is 12.8. The smallest absolute Gasteiger partial charge is 0.238 e. The van der Waals surface area contributed by atoms with Crippen LogP contribution in [0.2, 0.25) is 0 Å². The molecule has 0 fully saturated rings. The number of hydrogen-bond donors (Lipinski definition) is 2. The largest absolute Gasteiger partial charge is 0.352 e. The minimum Gasteiger partial charge on any atom is -0.352 e. The first-order chi connectivity index (χ1) is 10.4. The standard InChI is InChI=1S/C15H18N2O3S2/c1-11(9-13-3-2-8-21-13)15(18)17-10-12-4-6-14(7-5-12)22(16,19)20/h2-8,11H,9-10H2,1H3,(H,17,18)(H2,16,19,20)/t11-/m1/s1. The van der Waals surface area contributed by atoms with Gasteiger partial charge in [-0.25, -0.2) is 13.6 Å². The van der Waals surface area contributed by atoms with Crippen LogP contribution >= 0.6 is 11.3 Å². The van der Waals surface area contributed by atoms with Crippen LogP contribution in [0.5, 0.6) is 0 Å². The van der Waals surface area contributed by atoms with Gasteiger partial charge in [0.25, 0.3) is 0 Å². The molecule has 0 saturated heterocycles. The van der Waals surface area contributed by atoms with Crippen LogP contribution in [0.3, 0.4) is 0 Å². The van der Waals surface area contributed by atoms with E-state index in [1.807, 2.05) is 24.4 Å². The SMILES string of the molecule is C[C@H](Cc1cccs1)C(=O)NCc1ccc(S(N)(=O)=O)cc1. The highest BCUT2D eigenvalue weighted by Crippen LogP contribution is 2.15. The number of sulfonamides is 1. The Labute approximate surface area is 134 Å². The summed E-state index contributed by atoms with van der Waals surface area (Å²) in [4.78, 5) is 13.3. The predicted molar refractivity (Wildman–Crippen MR) is 86.8 cm³/mol. The molecule has 7 heteroatoms. The van der Waals surface area contributed by atoms with Crippen molar-refractivity contribution in [1.82, 2.24) is 5.32 Å². The highest BCUT2D eigenvalue weighted by Gasteiger charge is 2.14. The first kappa shape index (κ1) is 16.7. The van der Waals surface area contributed by atoms with E-state index in [4.69, 9.17) is 5.14 Å². The number of hydrogen-bond acceptors (Lipinski definition) is 4. The lowest BCUT2D eigenvalue weighted by atomic mass is 10.1. The molecule has 1 aromatic carbocycles. The van der Waals surface area contributed by atoms with Gasteiger partial charge >= 0.3 is 0 Å². The van der Waals surface area contributed by atoms with Gasteiger partial charge in [0, 0.05) is 17.3 Å². The number of benzene rings is 1. The topological polar surface area (TPSA) is 89.3 Å². The molecule has 1 aromatic heterocycles. The fraction of sp³-hybridized carbons (Fsp3) is 0.267. The van der Waals surface area contributed by atoms with Crippen LogP contribution in [-0.4, -0.2) is 14.3 Å². The van der Waals surface area contributed by atoms with E-state index < -0.39 is 10.0 Å². The summed E-state index contributed by atoms with van der Waals surface area (Å²) < 4.78 is 22.3. The Bertz CT molecular complexity index is 723. The molecule has 118 valence electrons. The Balaban J connectivity index is 1.88. The molecule has 2 aromatic rings. The summed E-state index contributed by atoms with van der Waals surface area (Å²) in [5.41, 5.74) is 0.823. The van der Waals surface area contributed by atoms with Gasteiger partial charge in [-0.3, -0.25) is 4.79 Å². The summed E-state index contributed by atoms with van der Waals surface area (Å²) >= 11 is 1.64. The Morgan fingerprint density at radius 3 is 2.50 bits per heavy atom. The average Bonchev–Trinajstić information content (AvgIpc) is 2.97. The van der Waals surface area contributed by atoms with Crippen molar-refractivity contribution in [3.63, 3.8) is 0 Å². The zero-order chi connectivity index (χ0) is 16.2. The van der Waals surface area contributed by atoms with E-state index in [1.165, 1.54) is 17.0 Å². The van der Waals surface area contributed by atoms with Gasteiger partial charge in [-0.05, 0) is 35.6 Å². The van der Waals surface area contributed by atoms with E-state index in [1.54, 1.807) is 23.5 Å². The first-order valence-corrected chi connectivity index (χ1v) is 9.20. The molecule has 0 aliphatic carbocycles. The van der Waals surface area contributed by atoms with Crippen LogP contribution in [0.15, 0.2) is 46.7 Å². The summed E-state index contributed by atoms with van der Waals surface area (Å²) in [5, 5.41) is 9.88. The fourth-order valence-electron chi connectivity index (χ4n) is 1.98. The molecular weight excluding hydrogens is 320 g/mol. The molecule has 3 N–H and O–H groups in total. The average molecular weight is 338 g/mol. The molecule has 5 nitrogen and oxygen atoms in total. The van der Waals surface area contributed by atoms with Crippen LogP contribution in [0, 0.1) is 5.92 Å². The number of thiophene rings is 1. The van der Waals surface area contributed by atoms with Crippen molar-refractivity contribution in [2.24, 2.45) is 11.1 Å². The first-order valence-electron chi connectivity index (χ1n) is 6.78. The van der Waals surface area contributed by atoms with Crippen LogP contribution in [0.1, 0.15) is 17.4 Å². The molecule has 0 spiro atoms. The van der Waals surface area contributed by atoms with Crippen molar-refractivity contribution in [3.05, 3.63) is 52.2 Å². The highest BCUT2D eigenvalue weighted by molar-refractivity contribution is 7.89. The molecule has 0 bridgehead atoms. The van der Waals surface area contributed by atoms with Gasteiger partial charge < -0.3 is 5.32 Å². The summed E-state index contributed by atoms with van der Waals surface area (Å²) in [6, 6.07) is 10.1. The maximum Gasteiger partial charge on any atom is 0.238 e. The lowest BCUT2D eigenvalue weighted by Crippen LogP contribution is -2.29. The maximum atomic E-state index is 12.0. The van der Waals surface area contributed by atoms with E-state index >= 15 is 0 Å². The van der Waals surface area contributed by atoms with Gasteiger partial charge in [0.1, 0.15) is 0 Å². The predicted octanol–water partition coefficient (Wildman–Crippen LogP) is 1.89. The molecule has 0 aliphatic heterocycles. The molecule has 1 amide bonds. The Hall–Kier alpha value is -1.70. The van der Waals surface area contributed by atoms with Crippen LogP contribution in [0.25, 0.3) is 0 Å². The highest BCUT2D eigenvalue weighted by atomic mass is 32.2. The number of carbonyl (C=O) groups is 1. The second-order valence-electron chi connectivity index (χ2n) is 5.09. The molecule has 1 heterocycles. The quantitative estimate of drug-likeness (QED) is 0.843. The lowest BCUT2D eigenvalue weighted by molar-refractivity contribution is -0.124. The summed E-state index contributed by atoms with van der Waals surface area (Å²) in [6.07, 6.45) is 0.716. The fourth-order valence-corrected chi connectivity index (χ4v) is 3.33. The van der Waals surface area contributed by atoms with Gasteiger partial charge in [0.2, 0.25) is 15.9 Å². The van der Waals surface area contributed by atoms with E-state index in [-0.39, 0.29) is 16.7 Å². The summed E-state index contributed by atoms with van der Waals surface area (Å²) in [7, 11) is -3.68. The number of nitrogens with one attached hydrogen (secondary N) is 1. The van der Waals surface area contributed by atoms with Gasteiger partial charge in [0.15, 0.2) is 0 Å². The number of carbonyl (C=O) groups excluding carboxylic acids is 1. The van der Waals surface area contributed by atoms with Crippen LogP contribution in [-0.2, 0) is 27.8 Å². The van der Waals surface area contributed by atoms with Gasteiger partial charge in [0.05, 0.1) is 4.90 Å². The van der Waals surface area contributed by atoms with E-state index in [0.29, 0.717) is 13.0 Å².